The smallest absolute Gasteiger partial charge is 0.191 e. The fourth-order valence-corrected chi connectivity index (χ4v) is 3.75. The van der Waals surface area contributed by atoms with Crippen molar-refractivity contribution < 1.29 is 8.78 Å². The molecule has 1 fully saturated rings. The zero-order chi connectivity index (χ0) is 19.0. The lowest BCUT2D eigenvalue weighted by Gasteiger charge is -2.25. The van der Waals surface area contributed by atoms with E-state index in [-0.39, 0.29) is 23.6 Å². The average Bonchev–Trinajstić information content (AvgIpc) is 3.24. The largest absolute Gasteiger partial charge is 0.353 e. The van der Waals surface area contributed by atoms with Gasteiger partial charge in [0.15, 0.2) is 5.96 Å². The van der Waals surface area contributed by atoms with E-state index in [1.165, 1.54) is 18.2 Å². The Balaban J connectivity index is 1.39. The van der Waals surface area contributed by atoms with Gasteiger partial charge in [-0.2, -0.15) is 5.10 Å². The Labute approximate surface area is 157 Å². The number of benzene rings is 1. The molecule has 0 amide bonds. The maximum atomic E-state index is 14.0. The molecule has 2 heterocycles. The van der Waals surface area contributed by atoms with Gasteiger partial charge in [0.25, 0.3) is 0 Å². The average molecular weight is 374 g/mol. The Morgan fingerprint density at radius 1 is 1.30 bits per heavy atom. The second kappa shape index (κ2) is 7.25. The molecule has 1 aromatic carbocycles. The second-order valence-electron chi connectivity index (χ2n) is 7.19. The molecule has 3 unspecified atom stereocenters. The van der Waals surface area contributed by atoms with E-state index in [0.717, 1.165) is 31.0 Å². The Bertz CT molecular complexity index is 842. The zero-order valence-electron chi connectivity index (χ0n) is 15.5. The van der Waals surface area contributed by atoms with Gasteiger partial charge in [-0.3, -0.25) is 4.99 Å². The molecule has 6 nitrogen and oxygen atoms in total. The molecule has 1 aliphatic carbocycles. The number of aliphatic imine (C=N–C) groups is 1. The van der Waals surface area contributed by atoms with Crippen LogP contribution in [0, 0.1) is 18.6 Å². The van der Waals surface area contributed by atoms with Gasteiger partial charge in [-0.05, 0) is 38.8 Å². The third-order valence-electron chi connectivity index (χ3n) is 5.10. The van der Waals surface area contributed by atoms with Gasteiger partial charge in [0, 0.05) is 36.5 Å². The van der Waals surface area contributed by atoms with Crippen molar-refractivity contribution in [3.8, 4) is 0 Å². The van der Waals surface area contributed by atoms with Crippen molar-refractivity contribution in [1.82, 2.24) is 25.4 Å². The topological polar surface area (TPSA) is 67.1 Å². The highest BCUT2D eigenvalue weighted by atomic mass is 19.1. The first-order valence-corrected chi connectivity index (χ1v) is 9.47. The number of rotatable bonds is 4. The molecular weight excluding hydrogens is 350 g/mol. The highest BCUT2D eigenvalue weighted by Gasteiger charge is 2.42. The van der Waals surface area contributed by atoms with E-state index in [9.17, 15) is 8.78 Å². The molecule has 2 N–H and O–H groups in total. The summed E-state index contributed by atoms with van der Waals surface area (Å²) in [5.41, 5.74) is 0.172. The van der Waals surface area contributed by atoms with Gasteiger partial charge in [-0.25, -0.2) is 18.4 Å². The summed E-state index contributed by atoms with van der Waals surface area (Å²) in [7, 11) is 0. The summed E-state index contributed by atoms with van der Waals surface area (Å²) < 4.78 is 29.9. The van der Waals surface area contributed by atoms with Crippen LogP contribution in [0.3, 0.4) is 0 Å². The molecule has 27 heavy (non-hydrogen) atoms. The van der Waals surface area contributed by atoms with Crippen LogP contribution in [0.15, 0.2) is 23.2 Å². The Morgan fingerprint density at radius 2 is 2.07 bits per heavy atom. The molecule has 1 aromatic heterocycles. The van der Waals surface area contributed by atoms with Gasteiger partial charge in [-0.1, -0.05) is 6.07 Å². The highest BCUT2D eigenvalue weighted by Crippen LogP contribution is 2.43. The van der Waals surface area contributed by atoms with Crippen LogP contribution >= 0.6 is 0 Å². The molecule has 0 bridgehead atoms. The third-order valence-corrected chi connectivity index (χ3v) is 5.10. The van der Waals surface area contributed by atoms with E-state index in [0.29, 0.717) is 18.9 Å². The number of hydrogen-bond donors (Lipinski definition) is 2. The van der Waals surface area contributed by atoms with Crippen LogP contribution in [0.1, 0.15) is 42.9 Å². The fraction of sp³-hybridized carbons (Fsp3) is 0.526. The maximum absolute atomic E-state index is 14.0. The Hall–Kier alpha value is -2.51. The van der Waals surface area contributed by atoms with E-state index in [1.54, 1.807) is 0 Å². The molecule has 0 radical (unpaired) electrons. The van der Waals surface area contributed by atoms with Crippen molar-refractivity contribution in [2.75, 3.05) is 6.54 Å². The summed E-state index contributed by atoms with van der Waals surface area (Å²) in [6, 6.07) is 4.20. The number of aromatic nitrogens is 3. The number of halogens is 2. The molecule has 2 aromatic rings. The monoisotopic (exact) mass is 374 g/mol. The third kappa shape index (κ3) is 3.79. The van der Waals surface area contributed by atoms with Crippen molar-refractivity contribution in [3.05, 3.63) is 47.0 Å². The summed E-state index contributed by atoms with van der Waals surface area (Å²) in [6.45, 7) is 5.22. The highest BCUT2D eigenvalue weighted by molar-refractivity contribution is 5.81. The predicted molar refractivity (Wildman–Crippen MR) is 98.6 cm³/mol. The minimum absolute atomic E-state index is 0.0121. The van der Waals surface area contributed by atoms with Crippen LogP contribution in [0.2, 0.25) is 0 Å². The number of aryl methyl sites for hydroxylation is 2. The summed E-state index contributed by atoms with van der Waals surface area (Å²) in [5, 5.41) is 11.2. The molecule has 8 heteroatoms. The predicted octanol–water partition coefficient (Wildman–Crippen LogP) is 2.29. The molecule has 1 saturated carbocycles. The van der Waals surface area contributed by atoms with Crippen molar-refractivity contribution in [2.45, 2.75) is 57.7 Å². The minimum atomic E-state index is -0.479. The van der Waals surface area contributed by atoms with Crippen molar-refractivity contribution in [2.24, 2.45) is 4.99 Å². The quantitative estimate of drug-likeness (QED) is 0.637. The van der Waals surface area contributed by atoms with Crippen molar-refractivity contribution in [1.29, 1.82) is 0 Å². The summed E-state index contributed by atoms with van der Waals surface area (Å²) in [4.78, 5) is 8.92. The van der Waals surface area contributed by atoms with E-state index in [2.05, 4.69) is 25.7 Å². The standard InChI is InChI=1S/C19H24F2N6/c1-3-22-19(24-12-7-8-17-23-11(2)26-27(17)10-12)25-16-9-13(16)18-14(20)5-4-6-15(18)21/h4-6,12-13,16H,3,7-10H2,1-2H3,(H2,22,24,25). The summed E-state index contributed by atoms with van der Waals surface area (Å²) >= 11 is 0. The second-order valence-corrected chi connectivity index (χ2v) is 7.19. The molecule has 1 aliphatic heterocycles. The van der Waals surface area contributed by atoms with Crippen molar-refractivity contribution >= 4 is 5.96 Å². The number of guanidine groups is 1. The van der Waals surface area contributed by atoms with Gasteiger partial charge in [0.05, 0.1) is 6.54 Å². The minimum Gasteiger partial charge on any atom is -0.353 e. The van der Waals surface area contributed by atoms with E-state index in [4.69, 9.17) is 0 Å². The molecule has 2 aliphatic rings. The first-order valence-electron chi connectivity index (χ1n) is 9.47. The number of fused-ring (bicyclic) bond motifs is 1. The fourth-order valence-electron chi connectivity index (χ4n) is 3.75. The van der Waals surface area contributed by atoms with E-state index in [1.807, 2.05) is 18.5 Å². The Kier molecular flexibility index (Phi) is 4.80. The van der Waals surface area contributed by atoms with Crippen LogP contribution < -0.4 is 10.6 Å². The van der Waals surface area contributed by atoms with Crippen LogP contribution in [-0.4, -0.2) is 39.4 Å². The number of nitrogens with zero attached hydrogens (tertiary/aromatic N) is 4. The molecule has 4 rings (SSSR count). The van der Waals surface area contributed by atoms with Crippen molar-refractivity contribution in [3.63, 3.8) is 0 Å². The molecule has 3 atom stereocenters. The van der Waals surface area contributed by atoms with Crippen LogP contribution in [-0.2, 0) is 13.0 Å². The van der Waals surface area contributed by atoms with E-state index >= 15 is 0 Å². The summed E-state index contributed by atoms with van der Waals surface area (Å²) in [6.07, 6.45) is 2.50. The van der Waals surface area contributed by atoms with Gasteiger partial charge in [0.1, 0.15) is 23.3 Å². The SMILES string of the molecule is CCN=C(NC1CCc2nc(C)nn2C1)NC1CC1c1c(F)cccc1F. The van der Waals surface area contributed by atoms with Gasteiger partial charge < -0.3 is 10.6 Å². The molecule has 144 valence electrons. The number of hydrogen-bond acceptors (Lipinski definition) is 3. The van der Waals surface area contributed by atoms with Gasteiger partial charge in [0.2, 0.25) is 0 Å². The van der Waals surface area contributed by atoms with Gasteiger partial charge >= 0.3 is 0 Å². The normalized spacial score (nSPS) is 24.4. The lowest BCUT2D eigenvalue weighted by molar-refractivity contribution is 0.392. The van der Waals surface area contributed by atoms with Gasteiger partial charge in [-0.15, -0.1) is 0 Å². The van der Waals surface area contributed by atoms with Crippen LogP contribution in [0.4, 0.5) is 8.78 Å². The Morgan fingerprint density at radius 3 is 2.81 bits per heavy atom. The molecular formula is C19H24F2N6. The maximum Gasteiger partial charge on any atom is 0.191 e. The molecule has 0 spiro atoms. The van der Waals surface area contributed by atoms with Crippen LogP contribution in [0.5, 0.6) is 0 Å². The summed E-state index contributed by atoms with van der Waals surface area (Å²) in [5.74, 6) is 1.38. The first kappa shape index (κ1) is 17.9. The van der Waals surface area contributed by atoms with E-state index < -0.39 is 11.6 Å². The lowest BCUT2D eigenvalue weighted by atomic mass is 10.1. The number of nitrogens with one attached hydrogen (secondary N) is 2. The molecule has 0 saturated heterocycles. The zero-order valence-corrected chi connectivity index (χ0v) is 15.5. The van der Waals surface area contributed by atoms with Crippen LogP contribution in [0.25, 0.3) is 0 Å². The lowest BCUT2D eigenvalue weighted by Crippen LogP contribution is -2.48. The first-order chi connectivity index (χ1) is 13.0.